The molecular formula is C25H34ClN5O3. The Morgan fingerprint density at radius 2 is 2.09 bits per heavy atom. The number of nitrogens with one attached hydrogen (secondary N) is 3. The number of aromatic nitrogens is 2. The van der Waals surface area contributed by atoms with Crippen molar-refractivity contribution >= 4 is 29.1 Å². The van der Waals surface area contributed by atoms with E-state index in [-0.39, 0.29) is 29.4 Å². The van der Waals surface area contributed by atoms with Crippen LogP contribution in [0, 0.1) is 11.3 Å². The maximum Gasteiger partial charge on any atom is 0.232 e. The number of hydrogen-bond donors (Lipinski definition) is 3. The van der Waals surface area contributed by atoms with Crippen LogP contribution in [0.2, 0.25) is 5.02 Å². The average molecular weight is 488 g/mol. The van der Waals surface area contributed by atoms with Crippen LogP contribution in [-0.2, 0) is 14.3 Å². The van der Waals surface area contributed by atoms with Crippen LogP contribution in [0.3, 0.4) is 0 Å². The van der Waals surface area contributed by atoms with Crippen LogP contribution in [0.15, 0.2) is 30.5 Å². The van der Waals surface area contributed by atoms with Crippen LogP contribution in [-0.4, -0.2) is 60.9 Å². The summed E-state index contributed by atoms with van der Waals surface area (Å²) in [6, 6.07) is 7.57. The molecule has 0 saturated carbocycles. The molecule has 0 spiro atoms. The summed E-state index contributed by atoms with van der Waals surface area (Å²) in [7, 11) is 0. The summed E-state index contributed by atoms with van der Waals surface area (Å²) in [5.41, 5.74) is 1.62. The molecular weight excluding hydrogens is 454 g/mol. The molecule has 1 amide bonds. The first-order valence-corrected chi connectivity index (χ1v) is 12.3. The number of pyridine rings is 2. The van der Waals surface area contributed by atoms with Gasteiger partial charge in [0.1, 0.15) is 11.6 Å². The lowest BCUT2D eigenvalue weighted by Crippen LogP contribution is -2.35. The van der Waals surface area contributed by atoms with E-state index >= 15 is 0 Å². The van der Waals surface area contributed by atoms with E-state index in [1.54, 1.807) is 12.3 Å². The molecule has 2 aliphatic rings. The molecule has 34 heavy (non-hydrogen) atoms. The van der Waals surface area contributed by atoms with Gasteiger partial charge in [-0.2, -0.15) is 0 Å². The second-order valence-corrected chi connectivity index (χ2v) is 10.1. The Hall–Kier alpha value is -2.26. The van der Waals surface area contributed by atoms with Gasteiger partial charge >= 0.3 is 0 Å². The molecule has 3 N–H and O–H groups in total. The third kappa shape index (κ3) is 6.24. The summed E-state index contributed by atoms with van der Waals surface area (Å²) in [6.07, 6.45) is 3.50. The molecule has 0 bridgehead atoms. The molecule has 2 saturated heterocycles. The minimum Gasteiger partial charge on any atom is -0.381 e. The van der Waals surface area contributed by atoms with Crippen molar-refractivity contribution in [3.8, 4) is 11.3 Å². The lowest BCUT2D eigenvalue weighted by Gasteiger charge is -2.33. The van der Waals surface area contributed by atoms with E-state index in [0.29, 0.717) is 35.2 Å². The fourth-order valence-corrected chi connectivity index (χ4v) is 4.56. The molecule has 184 valence electrons. The maximum atomic E-state index is 12.9. The minimum atomic E-state index is -0.277. The molecule has 2 fully saturated rings. The number of ether oxygens (including phenoxy) is 2. The molecule has 2 aromatic heterocycles. The molecule has 8 nitrogen and oxygen atoms in total. The van der Waals surface area contributed by atoms with Crippen LogP contribution < -0.4 is 16.0 Å². The van der Waals surface area contributed by atoms with Crippen molar-refractivity contribution in [1.29, 1.82) is 0 Å². The zero-order valence-corrected chi connectivity index (χ0v) is 20.8. The Morgan fingerprint density at radius 3 is 2.85 bits per heavy atom. The van der Waals surface area contributed by atoms with Crippen LogP contribution in [0.5, 0.6) is 0 Å². The number of carbonyl (C=O) groups excluding carboxylic acids is 1. The Morgan fingerprint density at radius 1 is 1.29 bits per heavy atom. The third-order valence-corrected chi connectivity index (χ3v) is 6.77. The van der Waals surface area contributed by atoms with Gasteiger partial charge in [0.15, 0.2) is 0 Å². The van der Waals surface area contributed by atoms with E-state index < -0.39 is 0 Å². The van der Waals surface area contributed by atoms with Gasteiger partial charge in [-0.1, -0.05) is 24.6 Å². The quantitative estimate of drug-likeness (QED) is 0.518. The summed E-state index contributed by atoms with van der Waals surface area (Å²) < 4.78 is 11.4. The topological polar surface area (TPSA) is 97.4 Å². The van der Waals surface area contributed by atoms with E-state index in [2.05, 4.69) is 27.9 Å². The van der Waals surface area contributed by atoms with Crippen LogP contribution >= 0.6 is 11.6 Å². The average Bonchev–Trinajstić information content (AvgIpc) is 3.27. The van der Waals surface area contributed by atoms with Gasteiger partial charge in [0.05, 0.1) is 28.8 Å². The normalized spacial score (nSPS) is 22.0. The van der Waals surface area contributed by atoms with E-state index in [4.69, 9.17) is 26.1 Å². The second kappa shape index (κ2) is 11.0. The smallest absolute Gasteiger partial charge is 0.232 e. The molecule has 0 unspecified atom stereocenters. The molecule has 0 radical (unpaired) electrons. The zero-order valence-electron chi connectivity index (χ0n) is 20.1. The minimum absolute atomic E-state index is 0.0569. The Labute approximate surface area is 206 Å². The van der Waals surface area contributed by atoms with Crippen molar-refractivity contribution in [2.24, 2.45) is 11.3 Å². The second-order valence-electron chi connectivity index (χ2n) is 9.71. The van der Waals surface area contributed by atoms with Gasteiger partial charge in [-0.15, -0.1) is 0 Å². The van der Waals surface area contributed by atoms with Gasteiger partial charge in [0.25, 0.3) is 0 Å². The first-order valence-electron chi connectivity index (χ1n) is 11.9. The monoisotopic (exact) mass is 487 g/mol. The van der Waals surface area contributed by atoms with Gasteiger partial charge < -0.3 is 25.4 Å². The van der Waals surface area contributed by atoms with Gasteiger partial charge in [-0.3, -0.25) is 4.79 Å². The molecule has 0 aromatic carbocycles. The lowest BCUT2D eigenvalue weighted by molar-refractivity contribution is -0.124. The van der Waals surface area contributed by atoms with Gasteiger partial charge in [-0.25, -0.2) is 9.97 Å². The number of amides is 1. The standard InChI is InChI=1S/C25H34ClN5O3/c1-16(2)34-21-14-27-12-18(21)24(32)31-23-11-17(19(26)13-28-23)20-5-4-6-22(30-20)29-15-25(3)7-9-33-10-8-25/h4-6,11,13,16,18,21,27H,7-10,12,14-15H2,1-3H3,(H,29,30)(H,28,31,32)/t18-,21-/m0/s1. The highest BCUT2D eigenvalue weighted by Crippen LogP contribution is 2.31. The number of nitrogens with zero attached hydrogens (tertiary/aromatic N) is 2. The van der Waals surface area contributed by atoms with Gasteiger partial charge in [0, 0.05) is 44.6 Å². The Kier molecular flexibility index (Phi) is 8.03. The number of hydrogen-bond acceptors (Lipinski definition) is 7. The number of rotatable bonds is 8. The van der Waals surface area contributed by atoms with Crippen molar-refractivity contribution in [2.75, 3.05) is 43.5 Å². The van der Waals surface area contributed by atoms with Crippen molar-refractivity contribution in [3.05, 3.63) is 35.5 Å². The van der Waals surface area contributed by atoms with Gasteiger partial charge in [-0.05, 0) is 50.3 Å². The van der Waals surface area contributed by atoms with E-state index in [1.807, 2.05) is 32.0 Å². The summed E-state index contributed by atoms with van der Waals surface area (Å²) in [5.74, 6) is 0.828. The predicted molar refractivity (Wildman–Crippen MR) is 134 cm³/mol. The van der Waals surface area contributed by atoms with E-state index in [9.17, 15) is 4.79 Å². The Balaban J connectivity index is 1.45. The molecule has 0 aliphatic carbocycles. The number of halogens is 1. The molecule has 2 aliphatic heterocycles. The molecule has 2 aromatic rings. The molecule has 4 heterocycles. The first-order chi connectivity index (χ1) is 16.3. The Bertz CT molecular complexity index is 996. The summed E-state index contributed by atoms with van der Waals surface area (Å²) in [5, 5.41) is 10.1. The highest BCUT2D eigenvalue weighted by Gasteiger charge is 2.34. The predicted octanol–water partition coefficient (Wildman–Crippen LogP) is 3.98. The van der Waals surface area contributed by atoms with Crippen molar-refractivity contribution in [1.82, 2.24) is 15.3 Å². The van der Waals surface area contributed by atoms with Crippen molar-refractivity contribution in [3.63, 3.8) is 0 Å². The van der Waals surface area contributed by atoms with Crippen LogP contribution in [0.1, 0.15) is 33.6 Å². The molecule has 2 atom stereocenters. The van der Waals surface area contributed by atoms with Crippen molar-refractivity contribution in [2.45, 2.75) is 45.8 Å². The summed E-state index contributed by atoms with van der Waals surface area (Å²) in [6.45, 7) is 9.88. The largest absolute Gasteiger partial charge is 0.381 e. The lowest BCUT2D eigenvalue weighted by atomic mass is 9.82. The molecule has 9 heteroatoms. The fourth-order valence-electron chi connectivity index (χ4n) is 4.36. The molecule has 4 rings (SSSR count). The zero-order chi connectivity index (χ0) is 24.1. The summed E-state index contributed by atoms with van der Waals surface area (Å²) >= 11 is 6.47. The summed E-state index contributed by atoms with van der Waals surface area (Å²) in [4.78, 5) is 22.0. The van der Waals surface area contributed by atoms with Gasteiger partial charge in [0.2, 0.25) is 5.91 Å². The number of anilines is 2. The SMILES string of the molecule is CC(C)O[C@H]1CNC[C@@H]1C(=O)Nc1cc(-c2cccc(NCC3(C)CCOCC3)n2)c(Cl)cn1. The number of carbonyl (C=O) groups is 1. The first kappa shape index (κ1) is 24.9. The van der Waals surface area contributed by atoms with Crippen LogP contribution in [0.4, 0.5) is 11.6 Å². The fraction of sp³-hybridized carbons (Fsp3) is 0.560. The van der Waals surface area contributed by atoms with E-state index in [1.165, 1.54) is 0 Å². The highest BCUT2D eigenvalue weighted by atomic mass is 35.5. The third-order valence-electron chi connectivity index (χ3n) is 6.47. The highest BCUT2D eigenvalue weighted by molar-refractivity contribution is 6.33. The van der Waals surface area contributed by atoms with E-state index in [0.717, 1.165) is 38.4 Å². The maximum absolute atomic E-state index is 12.9. The van der Waals surface area contributed by atoms with Crippen molar-refractivity contribution < 1.29 is 14.3 Å². The van der Waals surface area contributed by atoms with Crippen LogP contribution in [0.25, 0.3) is 11.3 Å².